The molecule has 0 saturated carbocycles. The smallest absolute Gasteiger partial charge is 0.156 e. The van der Waals surface area contributed by atoms with E-state index in [1.165, 1.54) is 27.2 Å². The first kappa shape index (κ1) is 24.8. The second kappa shape index (κ2) is 11.4. The van der Waals surface area contributed by atoms with Gasteiger partial charge in [0.15, 0.2) is 5.82 Å². The highest BCUT2D eigenvalue weighted by molar-refractivity contribution is 7.17. The van der Waals surface area contributed by atoms with Crippen LogP contribution in [0.1, 0.15) is 43.9 Å². The van der Waals surface area contributed by atoms with Crippen molar-refractivity contribution in [3.8, 4) is 17.3 Å². The first-order valence-corrected chi connectivity index (χ1v) is 13.1. The summed E-state index contributed by atoms with van der Waals surface area (Å²) in [7, 11) is 2.15. The molecule has 7 heteroatoms. The molecule has 4 aromatic rings. The van der Waals surface area contributed by atoms with Gasteiger partial charge >= 0.3 is 0 Å². The quantitative estimate of drug-likeness (QED) is 0.297. The lowest BCUT2D eigenvalue weighted by Gasteiger charge is -2.24. The summed E-state index contributed by atoms with van der Waals surface area (Å²) in [4.78, 5) is 5.03. The molecule has 1 aliphatic heterocycles. The number of aromatic nitrogens is 3. The van der Waals surface area contributed by atoms with E-state index >= 15 is 0 Å². The third kappa shape index (κ3) is 5.51. The molecule has 3 aromatic heterocycles. The molecule has 34 heavy (non-hydrogen) atoms. The number of hydrogen-bond donors (Lipinski definition) is 1. The number of halogens is 1. The average molecular weight is 499 g/mol. The van der Waals surface area contributed by atoms with E-state index in [0.29, 0.717) is 6.10 Å². The van der Waals surface area contributed by atoms with E-state index < -0.39 is 0 Å². The maximum Gasteiger partial charge on any atom is 0.156 e. The minimum Gasteiger partial charge on any atom is -0.490 e. The summed E-state index contributed by atoms with van der Waals surface area (Å²) in [5, 5.41) is 5.56. The Bertz CT molecular complexity index is 1200. The van der Waals surface area contributed by atoms with Gasteiger partial charge in [-0.1, -0.05) is 25.5 Å². The minimum atomic E-state index is 0. The third-order valence-electron chi connectivity index (χ3n) is 6.58. The van der Waals surface area contributed by atoms with Gasteiger partial charge in [-0.15, -0.1) is 23.7 Å². The van der Waals surface area contributed by atoms with Crippen LogP contribution in [0, 0.1) is 0 Å². The van der Waals surface area contributed by atoms with Crippen molar-refractivity contribution in [3.05, 3.63) is 59.2 Å². The summed E-state index contributed by atoms with van der Waals surface area (Å²) in [5.41, 5.74) is 5.02. The molecule has 5 nitrogen and oxygen atoms in total. The summed E-state index contributed by atoms with van der Waals surface area (Å²) in [6, 6.07) is 13.2. The fourth-order valence-electron chi connectivity index (χ4n) is 4.82. The number of benzene rings is 1. The lowest BCUT2D eigenvalue weighted by Crippen LogP contribution is -2.34. The molecule has 5 rings (SSSR count). The number of nitrogens with zero attached hydrogens (tertiary/aromatic N) is 3. The van der Waals surface area contributed by atoms with Crippen molar-refractivity contribution < 1.29 is 4.74 Å². The second-order valence-electron chi connectivity index (χ2n) is 9.08. The van der Waals surface area contributed by atoms with Crippen molar-refractivity contribution in [1.82, 2.24) is 19.4 Å². The molecule has 1 saturated heterocycles. The highest BCUT2D eigenvalue weighted by atomic mass is 35.5. The lowest BCUT2D eigenvalue weighted by atomic mass is 10.1. The predicted octanol–water partition coefficient (Wildman–Crippen LogP) is 6.24. The summed E-state index contributed by atoms with van der Waals surface area (Å²) in [5.74, 6) is 2.10. The number of ether oxygens (including phenoxy) is 1. The largest absolute Gasteiger partial charge is 0.490 e. The molecule has 0 bridgehead atoms. The van der Waals surface area contributed by atoms with E-state index in [1.54, 1.807) is 11.3 Å². The van der Waals surface area contributed by atoms with Crippen molar-refractivity contribution in [3.63, 3.8) is 0 Å². The van der Waals surface area contributed by atoms with Gasteiger partial charge in [-0.25, -0.2) is 4.98 Å². The number of rotatable bonds is 9. The van der Waals surface area contributed by atoms with E-state index in [4.69, 9.17) is 9.72 Å². The Morgan fingerprint density at radius 1 is 1.15 bits per heavy atom. The Hall–Kier alpha value is -2.28. The lowest BCUT2D eigenvalue weighted by molar-refractivity contribution is 0.162. The minimum absolute atomic E-state index is 0. The Morgan fingerprint density at radius 3 is 2.79 bits per heavy atom. The highest BCUT2D eigenvalue weighted by Crippen LogP contribution is 2.30. The normalized spacial score (nSPS) is 14.4. The van der Waals surface area contributed by atoms with E-state index in [2.05, 4.69) is 76.4 Å². The topological polar surface area (TPSA) is 44.0 Å². The zero-order chi connectivity index (χ0) is 22.6. The van der Waals surface area contributed by atoms with Crippen LogP contribution in [0.25, 0.3) is 21.7 Å². The predicted molar refractivity (Wildman–Crippen MR) is 145 cm³/mol. The van der Waals surface area contributed by atoms with Crippen LogP contribution in [0.5, 0.6) is 5.75 Å². The van der Waals surface area contributed by atoms with Crippen LogP contribution in [-0.4, -0.2) is 33.3 Å². The van der Waals surface area contributed by atoms with Crippen molar-refractivity contribution in [1.29, 1.82) is 0 Å². The van der Waals surface area contributed by atoms with E-state index in [9.17, 15) is 0 Å². The molecule has 0 spiro atoms. The Balaban J connectivity index is 0.00000274. The van der Waals surface area contributed by atoms with Gasteiger partial charge in [0.2, 0.25) is 0 Å². The molecular weight excluding hydrogens is 464 g/mol. The molecule has 1 N–H and O–H groups in total. The molecule has 1 fully saturated rings. The Kier molecular flexibility index (Phi) is 8.35. The molecule has 0 unspecified atom stereocenters. The number of fused-ring (bicyclic) bond motifs is 1. The zero-order valence-corrected chi connectivity index (χ0v) is 21.8. The zero-order valence-electron chi connectivity index (χ0n) is 20.1. The van der Waals surface area contributed by atoms with E-state index in [-0.39, 0.29) is 12.4 Å². The van der Waals surface area contributed by atoms with Crippen molar-refractivity contribution >= 4 is 34.0 Å². The molecule has 1 aliphatic rings. The number of thiophene rings is 1. The van der Waals surface area contributed by atoms with Gasteiger partial charge in [0.25, 0.3) is 0 Å². The number of nitrogens with one attached hydrogen (secondary N) is 1. The third-order valence-corrected chi connectivity index (χ3v) is 7.43. The fraction of sp³-hybridized carbons (Fsp3) is 0.444. The SMILES string of the molecule is CCCc1cn(CCCc2cccc(OC3CCNCC3)c2)c(-c2cc3sccc3n2C)n1.Cl. The Labute approximate surface area is 212 Å². The highest BCUT2D eigenvalue weighted by Gasteiger charge is 2.17. The number of hydrogen-bond acceptors (Lipinski definition) is 4. The van der Waals surface area contributed by atoms with Gasteiger partial charge in [0.05, 0.1) is 21.6 Å². The van der Waals surface area contributed by atoms with Crippen LogP contribution >= 0.6 is 23.7 Å². The number of imidazole rings is 1. The van der Waals surface area contributed by atoms with Crippen LogP contribution < -0.4 is 10.1 Å². The monoisotopic (exact) mass is 498 g/mol. The average Bonchev–Trinajstić information content (AvgIpc) is 3.52. The van der Waals surface area contributed by atoms with Crippen LogP contribution in [0.4, 0.5) is 0 Å². The molecule has 0 aliphatic carbocycles. The van der Waals surface area contributed by atoms with E-state index in [1.807, 2.05) is 0 Å². The summed E-state index contributed by atoms with van der Waals surface area (Å²) in [6.07, 6.45) is 9.02. The van der Waals surface area contributed by atoms with Gasteiger partial charge < -0.3 is 19.2 Å². The van der Waals surface area contributed by atoms with Gasteiger partial charge in [0.1, 0.15) is 11.9 Å². The first-order valence-electron chi connectivity index (χ1n) is 12.3. The Morgan fingerprint density at radius 2 is 2.00 bits per heavy atom. The van der Waals surface area contributed by atoms with Crippen LogP contribution in [0.15, 0.2) is 48.0 Å². The molecule has 0 atom stereocenters. The van der Waals surface area contributed by atoms with E-state index in [0.717, 1.165) is 69.7 Å². The second-order valence-corrected chi connectivity index (χ2v) is 10.0. The van der Waals surface area contributed by atoms with Crippen LogP contribution in [-0.2, 0) is 26.4 Å². The molecule has 0 amide bonds. The van der Waals surface area contributed by atoms with Gasteiger partial charge in [0, 0.05) is 19.8 Å². The summed E-state index contributed by atoms with van der Waals surface area (Å²) < 4.78 is 12.2. The first-order chi connectivity index (χ1) is 16.2. The van der Waals surface area contributed by atoms with Crippen molar-refractivity contribution in [2.75, 3.05) is 13.1 Å². The fourth-order valence-corrected chi connectivity index (χ4v) is 5.67. The molecular formula is C27H35ClN4OS. The molecule has 1 aromatic carbocycles. The summed E-state index contributed by atoms with van der Waals surface area (Å²) in [6.45, 7) is 5.29. The van der Waals surface area contributed by atoms with Gasteiger partial charge in [-0.3, -0.25) is 0 Å². The number of piperidine rings is 1. The summed E-state index contributed by atoms with van der Waals surface area (Å²) >= 11 is 1.80. The van der Waals surface area contributed by atoms with Crippen molar-refractivity contribution in [2.24, 2.45) is 7.05 Å². The molecule has 182 valence electrons. The number of aryl methyl sites for hydroxylation is 4. The maximum atomic E-state index is 6.25. The van der Waals surface area contributed by atoms with Crippen molar-refractivity contribution in [2.45, 2.75) is 58.1 Å². The maximum absolute atomic E-state index is 6.25. The van der Waals surface area contributed by atoms with Gasteiger partial charge in [-0.05, 0) is 80.4 Å². The molecule has 0 radical (unpaired) electrons. The standard InChI is InChI=1S/C27H34N4OS.ClH/c1-3-6-21-19-31(27(29-21)25-18-26-24(30(25)2)12-16-33-26)15-5-8-20-7-4-9-23(17-20)32-22-10-13-28-14-11-22;/h4,7,9,12,16-19,22,28H,3,5-6,8,10-11,13-15H2,1-2H3;1H. The van der Waals surface area contributed by atoms with Crippen LogP contribution in [0.3, 0.4) is 0 Å². The molecule has 4 heterocycles. The van der Waals surface area contributed by atoms with Crippen LogP contribution in [0.2, 0.25) is 0 Å². The van der Waals surface area contributed by atoms with Gasteiger partial charge in [-0.2, -0.15) is 0 Å².